The molecule has 0 aliphatic rings. The second kappa shape index (κ2) is 15.1. The van der Waals surface area contributed by atoms with E-state index in [-0.39, 0.29) is 12.3 Å². The number of nitrogens with zero attached hydrogens (tertiary/aromatic N) is 1. The summed E-state index contributed by atoms with van der Waals surface area (Å²) in [6.45, 7) is 24.4. The third-order valence-corrected chi connectivity index (χ3v) is 25.0. The van der Waals surface area contributed by atoms with Gasteiger partial charge in [-0.2, -0.15) is 0 Å². The van der Waals surface area contributed by atoms with Gasteiger partial charge in [0.05, 0.1) is 12.3 Å². The Morgan fingerprint density at radius 1 is 0.562 bits per heavy atom. The van der Waals surface area contributed by atoms with Gasteiger partial charge in [0.2, 0.25) is 0 Å². The Hall–Kier alpha value is 0.895. The van der Waals surface area contributed by atoms with Crippen molar-refractivity contribution < 1.29 is 33.9 Å². The van der Waals surface area contributed by atoms with Gasteiger partial charge in [0, 0.05) is 0 Å². The zero-order valence-electron chi connectivity index (χ0n) is 22.1. The molecule has 0 aromatic rings. The normalized spacial score (nSPS) is 13.5. The molecule has 0 radical (unpaired) electrons. The van der Waals surface area contributed by atoms with Crippen molar-refractivity contribution in [3.05, 3.63) is 0 Å². The second-order valence-electron chi connectivity index (χ2n) is 9.47. The fraction of sp³-hybridized carbons (Fsp3) is 0.933. The van der Waals surface area contributed by atoms with Gasteiger partial charge in [-0.05, 0) is 78.6 Å². The Balaban J connectivity index is 6.27. The molecule has 0 rings (SSSR count). The van der Waals surface area contributed by atoms with E-state index in [0.29, 0.717) is 0 Å². The van der Waals surface area contributed by atoms with E-state index in [9.17, 15) is 9.18 Å². The quantitative estimate of drug-likeness (QED) is 0.154. The fourth-order valence-corrected chi connectivity index (χ4v) is 28.2. The zero-order chi connectivity index (χ0) is 25.3. The molecule has 0 aliphatic heterocycles. The summed E-state index contributed by atoms with van der Waals surface area (Å²) in [7, 11) is -16.1. The molecule has 8 nitrogen and oxygen atoms in total. The van der Waals surface area contributed by atoms with Crippen LogP contribution in [0.15, 0.2) is 0 Å². The SMILES string of the molecule is C[SiH](C)O[Si](CN(C[Si](O[SiH](C)C)(O[SiH](C)C)O[SiH](C)C)C(=O)F)(O[SiH](C)C)O[SiH](C)C. The van der Waals surface area contributed by atoms with Crippen molar-refractivity contribution in [2.45, 2.75) is 78.6 Å². The lowest BCUT2D eigenvalue weighted by atomic mass is 10.9. The Labute approximate surface area is 207 Å². The van der Waals surface area contributed by atoms with Crippen LogP contribution in [0.2, 0.25) is 78.6 Å². The van der Waals surface area contributed by atoms with Crippen LogP contribution in [0.4, 0.5) is 9.18 Å². The van der Waals surface area contributed by atoms with E-state index in [2.05, 4.69) is 0 Å². The van der Waals surface area contributed by atoms with Crippen molar-refractivity contribution in [1.29, 1.82) is 0 Å². The topological polar surface area (TPSA) is 75.7 Å². The Bertz CT molecular complexity index is 467. The Morgan fingerprint density at radius 2 is 0.750 bits per heavy atom. The predicted octanol–water partition coefficient (Wildman–Crippen LogP) is 2.33. The fourth-order valence-electron chi connectivity index (χ4n) is 3.19. The molecule has 192 valence electrons. The van der Waals surface area contributed by atoms with E-state index in [1.807, 2.05) is 78.6 Å². The van der Waals surface area contributed by atoms with Crippen LogP contribution in [0, 0.1) is 0 Å². The summed E-state index contributed by atoms with van der Waals surface area (Å²) < 4.78 is 52.7. The molecule has 0 atom stereocenters. The number of hydrogen-bond acceptors (Lipinski definition) is 7. The minimum absolute atomic E-state index is 0.0341. The molecule has 0 fully saturated rings. The summed E-state index contributed by atoms with van der Waals surface area (Å²) in [5, 5.41) is 0. The molecule has 0 bridgehead atoms. The largest absolute Gasteiger partial charge is 0.489 e. The lowest BCUT2D eigenvalue weighted by Gasteiger charge is -2.41. The van der Waals surface area contributed by atoms with E-state index in [4.69, 9.17) is 24.7 Å². The monoisotopic (exact) mass is 595 g/mol. The molecule has 0 aromatic heterocycles. The van der Waals surface area contributed by atoms with Crippen molar-refractivity contribution in [2.75, 3.05) is 12.3 Å². The van der Waals surface area contributed by atoms with Crippen molar-refractivity contribution in [2.24, 2.45) is 0 Å². The van der Waals surface area contributed by atoms with Crippen LogP contribution in [0.1, 0.15) is 0 Å². The summed E-state index contributed by atoms with van der Waals surface area (Å²) in [5.41, 5.74) is 0. The van der Waals surface area contributed by atoms with E-state index in [1.165, 1.54) is 0 Å². The number of halogens is 1. The van der Waals surface area contributed by atoms with Crippen molar-refractivity contribution in [3.63, 3.8) is 0 Å². The first kappa shape index (κ1) is 32.9. The molecule has 0 unspecified atom stereocenters. The number of carbonyl (C=O) groups is 1. The third kappa shape index (κ3) is 13.7. The maximum Gasteiger partial charge on any atom is 0.489 e. The summed E-state index contributed by atoms with van der Waals surface area (Å²) in [6, 6.07) is 0. The molecule has 17 heteroatoms. The van der Waals surface area contributed by atoms with Crippen molar-refractivity contribution in [1.82, 2.24) is 4.90 Å². The second-order valence-corrected chi connectivity index (χ2v) is 31.1. The van der Waals surface area contributed by atoms with Gasteiger partial charge >= 0.3 is 23.8 Å². The van der Waals surface area contributed by atoms with Crippen molar-refractivity contribution in [3.8, 4) is 0 Å². The highest BCUT2D eigenvalue weighted by Gasteiger charge is 2.51. The van der Waals surface area contributed by atoms with Gasteiger partial charge in [-0.15, -0.1) is 4.39 Å². The lowest BCUT2D eigenvalue weighted by Crippen LogP contribution is -2.66. The molecule has 0 saturated carbocycles. The van der Waals surface area contributed by atoms with Gasteiger partial charge < -0.3 is 29.6 Å². The first-order chi connectivity index (χ1) is 14.5. The molecule has 0 saturated heterocycles. The zero-order valence-corrected chi connectivity index (χ0v) is 31.0. The highest BCUT2D eigenvalue weighted by Crippen LogP contribution is 2.22. The molecule has 32 heavy (non-hydrogen) atoms. The van der Waals surface area contributed by atoms with Gasteiger partial charge in [0.15, 0.2) is 54.2 Å². The average Bonchev–Trinajstić information content (AvgIpc) is 2.49. The van der Waals surface area contributed by atoms with Crippen LogP contribution in [0.3, 0.4) is 0 Å². The highest BCUT2D eigenvalue weighted by atomic mass is 28.5. The summed E-state index contributed by atoms with van der Waals surface area (Å²) >= 11 is 0. The molecular weight excluding hydrogens is 550 g/mol. The molecule has 0 heterocycles. The van der Waals surface area contributed by atoms with E-state index in [1.54, 1.807) is 0 Å². The highest BCUT2D eigenvalue weighted by molar-refractivity contribution is 6.81. The van der Waals surface area contributed by atoms with E-state index in [0.717, 1.165) is 4.90 Å². The van der Waals surface area contributed by atoms with Crippen LogP contribution >= 0.6 is 0 Å². The van der Waals surface area contributed by atoms with Crippen molar-refractivity contribution >= 4 is 78.0 Å². The third-order valence-electron chi connectivity index (χ3n) is 3.51. The van der Waals surface area contributed by atoms with Crippen LogP contribution in [0.25, 0.3) is 0 Å². The molecule has 1 amide bonds. The van der Waals surface area contributed by atoms with Gasteiger partial charge in [-0.3, -0.25) is 0 Å². The Morgan fingerprint density at radius 3 is 0.875 bits per heavy atom. The summed E-state index contributed by atoms with van der Waals surface area (Å²) in [4.78, 5) is 13.4. The lowest BCUT2D eigenvalue weighted by molar-refractivity contribution is 0.160. The maximum absolute atomic E-state index is 14.5. The number of hydrogen-bond donors (Lipinski definition) is 0. The minimum atomic E-state index is -3.29. The summed E-state index contributed by atoms with van der Waals surface area (Å²) in [5.74, 6) is 0. The van der Waals surface area contributed by atoms with E-state index >= 15 is 0 Å². The molecule has 0 aromatic carbocycles. The number of rotatable bonds is 16. The van der Waals surface area contributed by atoms with Crippen LogP contribution in [-0.2, 0) is 24.7 Å². The van der Waals surface area contributed by atoms with Crippen LogP contribution < -0.4 is 0 Å². The first-order valence-electron chi connectivity index (χ1n) is 11.5. The van der Waals surface area contributed by atoms with Gasteiger partial charge in [0.25, 0.3) is 0 Å². The molecule has 0 aliphatic carbocycles. The smallest absolute Gasteiger partial charge is 0.419 e. The van der Waals surface area contributed by atoms with Gasteiger partial charge in [0.1, 0.15) is 0 Å². The van der Waals surface area contributed by atoms with Gasteiger partial charge in [-0.1, -0.05) is 0 Å². The first-order valence-corrected chi connectivity index (χ1v) is 32.1. The molecular formula is C15H46FNO7Si8. The van der Waals surface area contributed by atoms with Crippen LogP contribution in [0.5, 0.6) is 0 Å². The predicted molar refractivity (Wildman–Crippen MR) is 149 cm³/mol. The average molecular weight is 596 g/mol. The van der Waals surface area contributed by atoms with E-state index < -0.39 is 78.0 Å². The standard InChI is InChI=1S/C15H46FNO7Si8/c1-25(2)19-31(20-26(3)4,21-27(5)6)13-17(15(16)18)14-32(22-28(7)8,23-29(9)10)24-30(11)12/h25-30H,13-14H2,1-12H3. The number of carbonyl (C=O) groups excluding carboxylic acids is 1. The molecule has 0 spiro atoms. The van der Waals surface area contributed by atoms with Crippen LogP contribution in [-0.4, -0.2) is 95.2 Å². The minimum Gasteiger partial charge on any atom is -0.419 e. The molecule has 0 N–H and O–H groups in total. The van der Waals surface area contributed by atoms with Gasteiger partial charge in [-0.25, -0.2) is 4.79 Å². The number of amides is 1. The summed E-state index contributed by atoms with van der Waals surface area (Å²) in [6.07, 6.45) is -1.62. The Kier molecular flexibility index (Phi) is 15.5. The maximum atomic E-state index is 14.5.